The minimum absolute atomic E-state index is 0.0289. The molecular weight excluding hydrogens is 316 g/mol. The van der Waals surface area contributed by atoms with Crippen molar-refractivity contribution in [1.82, 2.24) is 0 Å². The largest absolute Gasteiger partial charge is 0.360 e. The standard InChI is InChI=1S/C20H24N2OS/c1-14(2)16-8-10-17(11-9-16)21-20(23)13-22-12-15(3)24-19-7-5-4-6-18(19)22/h4-11,14-15H,12-13H2,1-3H3,(H,21,23). The molecule has 1 aliphatic heterocycles. The van der Waals surface area contributed by atoms with Crippen LogP contribution in [0.4, 0.5) is 11.4 Å². The molecule has 3 rings (SSSR count). The second kappa shape index (κ2) is 7.31. The van der Waals surface area contributed by atoms with Crippen molar-refractivity contribution in [2.45, 2.75) is 36.8 Å². The lowest BCUT2D eigenvalue weighted by Gasteiger charge is -2.33. The number of benzene rings is 2. The highest BCUT2D eigenvalue weighted by Gasteiger charge is 2.23. The number of hydrogen-bond donors (Lipinski definition) is 1. The molecule has 0 bridgehead atoms. The van der Waals surface area contributed by atoms with E-state index in [0.717, 1.165) is 17.9 Å². The fourth-order valence-electron chi connectivity index (χ4n) is 2.96. The highest BCUT2D eigenvalue weighted by molar-refractivity contribution is 8.00. The minimum Gasteiger partial charge on any atom is -0.360 e. The Morgan fingerprint density at radius 2 is 1.92 bits per heavy atom. The molecular formula is C20H24N2OS. The van der Waals surface area contributed by atoms with Gasteiger partial charge >= 0.3 is 0 Å². The molecule has 0 aliphatic carbocycles. The molecule has 4 heteroatoms. The van der Waals surface area contributed by atoms with Crippen molar-refractivity contribution >= 4 is 29.0 Å². The summed E-state index contributed by atoms with van der Waals surface area (Å²) in [6.45, 7) is 7.81. The summed E-state index contributed by atoms with van der Waals surface area (Å²) in [7, 11) is 0. The fourth-order valence-corrected chi connectivity index (χ4v) is 4.12. The van der Waals surface area contributed by atoms with Crippen LogP contribution in [0.1, 0.15) is 32.3 Å². The number of fused-ring (bicyclic) bond motifs is 1. The van der Waals surface area contributed by atoms with E-state index < -0.39 is 0 Å². The van der Waals surface area contributed by atoms with Gasteiger partial charge in [0.15, 0.2) is 0 Å². The summed E-state index contributed by atoms with van der Waals surface area (Å²) in [4.78, 5) is 15.9. The van der Waals surface area contributed by atoms with Crippen LogP contribution in [0.5, 0.6) is 0 Å². The summed E-state index contributed by atoms with van der Waals surface area (Å²) in [5.41, 5.74) is 3.30. The average Bonchev–Trinajstić information content (AvgIpc) is 2.55. The monoisotopic (exact) mass is 340 g/mol. The molecule has 1 amide bonds. The fraction of sp³-hybridized carbons (Fsp3) is 0.350. The van der Waals surface area contributed by atoms with Gasteiger partial charge in [-0.15, -0.1) is 11.8 Å². The van der Waals surface area contributed by atoms with Gasteiger partial charge in [-0.25, -0.2) is 0 Å². The van der Waals surface area contributed by atoms with E-state index in [1.807, 2.05) is 30.0 Å². The van der Waals surface area contributed by atoms with Crippen molar-refractivity contribution in [2.24, 2.45) is 0 Å². The Morgan fingerprint density at radius 3 is 2.62 bits per heavy atom. The number of carbonyl (C=O) groups excluding carboxylic acids is 1. The van der Waals surface area contributed by atoms with E-state index in [1.54, 1.807) is 0 Å². The van der Waals surface area contributed by atoms with Crippen LogP contribution < -0.4 is 10.2 Å². The summed E-state index contributed by atoms with van der Waals surface area (Å²) in [5, 5.41) is 3.50. The van der Waals surface area contributed by atoms with Crippen LogP contribution in [-0.2, 0) is 4.79 Å². The number of carbonyl (C=O) groups is 1. The molecule has 2 aromatic carbocycles. The first-order chi connectivity index (χ1) is 11.5. The smallest absolute Gasteiger partial charge is 0.243 e. The lowest BCUT2D eigenvalue weighted by atomic mass is 10.0. The van der Waals surface area contributed by atoms with Gasteiger partial charge in [-0.2, -0.15) is 0 Å². The third-order valence-electron chi connectivity index (χ3n) is 4.21. The predicted molar refractivity (Wildman–Crippen MR) is 103 cm³/mol. The van der Waals surface area contributed by atoms with E-state index in [4.69, 9.17) is 0 Å². The van der Waals surface area contributed by atoms with Gasteiger partial charge in [0.1, 0.15) is 0 Å². The van der Waals surface area contributed by atoms with Gasteiger partial charge in [0.25, 0.3) is 0 Å². The molecule has 1 aliphatic rings. The molecule has 3 nitrogen and oxygen atoms in total. The lowest BCUT2D eigenvalue weighted by Crippen LogP contribution is -2.39. The van der Waals surface area contributed by atoms with Crippen LogP contribution in [0.3, 0.4) is 0 Å². The first-order valence-corrected chi connectivity index (χ1v) is 9.31. The quantitative estimate of drug-likeness (QED) is 0.872. The Bertz CT molecular complexity index is 712. The zero-order valence-corrected chi connectivity index (χ0v) is 15.3. The third-order valence-corrected chi connectivity index (χ3v) is 5.36. The molecule has 0 spiro atoms. The number of nitrogens with one attached hydrogen (secondary N) is 1. The second-order valence-electron chi connectivity index (χ2n) is 6.60. The minimum atomic E-state index is 0.0289. The second-order valence-corrected chi connectivity index (χ2v) is 8.08. The maximum Gasteiger partial charge on any atom is 0.243 e. The molecule has 126 valence electrons. The normalized spacial score (nSPS) is 16.8. The molecule has 1 atom stereocenters. The first-order valence-electron chi connectivity index (χ1n) is 8.43. The van der Waals surface area contributed by atoms with Crippen LogP contribution in [0.2, 0.25) is 0 Å². The molecule has 0 radical (unpaired) electrons. The molecule has 0 aromatic heterocycles. The van der Waals surface area contributed by atoms with Gasteiger partial charge < -0.3 is 10.2 Å². The van der Waals surface area contributed by atoms with Crippen LogP contribution >= 0.6 is 11.8 Å². The highest BCUT2D eigenvalue weighted by Crippen LogP contribution is 2.37. The van der Waals surface area contributed by atoms with Crippen LogP contribution in [-0.4, -0.2) is 24.2 Å². The molecule has 0 fully saturated rings. The molecule has 1 N–H and O–H groups in total. The summed E-state index contributed by atoms with van der Waals surface area (Å²) < 4.78 is 0. The third kappa shape index (κ3) is 3.93. The molecule has 2 aromatic rings. The lowest BCUT2D eigenvalue weighted by molar-refractivity contribution is -0.115. The van der Waals surface area contributed by atoms with Crippen molar-refractivity contribution in [2.75, 3.05) is 23.3 Å². The number of anilines is 2. The molecule has 1 heterocycles. The Balaban J connectivity index is 1.67. The Kier molecular flexibility index (Phi) is 5.14. The predicted octanol–water partition coefficient (Wildman–Crippen LogP) is 4.75. The van der Waals surface area contributed by atoms with Crippen molar-refractivity contribution in [3.63, 3.8) is 0 Å². The zero-order valence-electron chi connectivity index (χ0n) is 14.5. The van der Waals surface area contributed by atoms with E-state index in [-0.39, 0.29) is 5.91 Å². The Labute approximate surface area is 148 Å². The first kappa shape index (κ1) is 16.9. The maximum atomic E-state index is 12.5. The molecule has 0 saturated heterocycles. The van der Waals surface area contributed by atoms with Gasteiger partial charge in [-0.3, -0.25) is 4.79 Å². The Morgan fingerprint density at radius 1 is 1.21 bits per heavy atom. The van der Waals surface area contributed by atoms with E-state index >= 15 is 0 Å². The summed E-state index contributed by atoms with van der Waals surface area (Å²) in [5.74, 6) is 0.528. The summed E-state index contributed by atoms with van der Waals surface area (Å²) in [6, 6.07) is 16.4. The topological polar surface area (TPSA) is 32.3 Å². The molecule has 24 heavy (non-hydrogen) atoms. The SMILES string of the molecule is CC1CN(CC(=O)Nc2ccc(C(C)C)cc2)c2ccccc2S1. The highest BCUT2D eigenvalue weighted by atomic mass is 32.2. The van der Waals surface area contributed by atoms with E-state index in [1.165, 1.54) is 10.5 Å². The van der Waals surface area contributed by atoms with Crippen molar-refractivity contribution in [3.8, 4) is 0 Å². The number of para-hydroxylation sites is 1. The van der Waals surface area contributed by atoms with Gasteiger partial charge in [0.2, 0.25) is 5.91 Å². The Hall–Kier alpha value is -1.94. The summed E-state index contributed by atoms with van der Waals surface area (Å²) >= 11 is 1.88. The van der Waals surface area contributed by atoms with Crippen LogP contribution in [0.15, 0.2) is 53.4 Å². The van der Waals surface area contributed by atoms with Gasteiger partial charge in [0, 0.05) is 22.4 Å². The maximum absolute atomic E-state index is 12.5. The number of hydrogen-bond acceptors (Lipinski definition) is 3. The zero-order chi connectivity index (χ0) is 17.1. The van der Waals surface area contributed by atoms with Crippen molar-refractivity contribution in [3.05, 3.63) is 54.1 Å². The summed E-state index contributed by atoms with van der Waals surface area (Å²) in [6.07, 6.45) is 0. The van der Waals surface area contributed by atoms with E-state index in [9.17, 15) is 4.79 Å². The van der Waals surface area contributed by atoms with Crippen LogP contribution in [0, 0.1) is 0 Å². The van der Waals surface area contributed by atoms with E-state index in [0.29, 0.717) is 17.7 Å². The van der Waals surface area contributed by atoms with Gasteiger partial charge in [-0.05, 0) is 35.7 Å². The van der Waals surface area contributed by atoms with Crippen molar-refractivity contribution in [1.29, 1.82) is 0 Å². The van der Waals surface area contributed by atoms with Crippen LogP contribution in [0.25, 0.3) is 0 Å². The average molecular weight is 340 g/mol. The van der Waals surface area contributed by atoms with Crippen molar-refractivity contribution < 1.29 is 4.79 Å². The number of thioether (sulfide) groups is 1. The molecule has 1 unspecified atom stereocenters. The van der Waals surface area contributed by atoms with Gasteiger partial charge in [-0.1, -0.05) is 45.0 Å². The number of amides is 1. The molecule has 0 saturated carbocycles. The number of rotatable bonds is 4. The van der Waals surface area contributed by atoms with Gasteiger partial charge in [0.05, 0.1) is 12.2 Å². The van der Waals surface area contributed by atoms with E-state index in [2.05, 4.69) is 61.3 Å². The number of nitrogens with zero attached hydrogens (tertiary/aromatic N) is 1.